The van der Waals surface area contributed by atoms with Gasteiger partial charge in [-0.05, 0) is 31.2 Å². The van der Waals surface area contributed by atoms with Crippen molar-refractivity contribution < 1.29 is 4.79 Å². The van der Waals surface area contributed by atoms with E-state index in [4.69, 9.17) is 0 Å². The lowest BCUT2D eigenvalue weighted by Gasteiger charge is -2.36. The predicted molar refractivity (Wildman–Crippen MR) is 94.8 cm³/mol. The van der Waals surface area contributed by atoms with Gasteiger partial charge < -0.3 is 9.80 Å². The highest BCUT2D eigenvalue weighted by Crippen LogP contribution is 2.24. The Morgan fingerprint density at radius 3 is 2.39 bits per heavy atom. The third-order valence-electron chi connectivity index (χ3n) is 3.97. The highest BCUT2D eigenvalue weighted by molar-refractivity contribution is 8.00. The number of pyridine rings is 1. The van der Waals surface area contributed by atoms with Crippen LogP contribution in [0, 0.1) is 0 Å². The number of hydrogen-bond acceptors (Lipinski definition) is 4. The molecule has 1 aliphatic heterocycles. The summed E-state index contributed by atoms with van der Waals surface area (Å²) in [5, 5.41) is -0.0567. The van der Waals surface area contributed by atoms with Crippen LogP contribution in [0.1, 0.15) is 6.92 Å². The number of benzene rings is 1. The second-order valence-electron chi connectivity index (χ2n) is 5.57. The summed E-state index contributed by atoms with van der Waals surface area (Å²) in [7, 11) is 0. The minimum Gasteiger partial charge on any atom is -0.353 e. The van der Waals surface area contributed by atoms with Gasteiger partial charge in [0.2, 0.25) is 5.91 Å². The number of anilines is 1. The molecule has 1 unspecified atom stereocenters. The van der Waals surface area contributed by atoms with Gasteiger partial charge in [-0.25, -0.2) is 4.98 Å². The number of thioether (sulfide) groups is 1. The molecule has 0 saturated carbocycles. The summed E-state index contributed by atoms with van der Waals surface area (Å²) in [6.45, 7) is 5.19. The fourth-order valence-corrected chi connectivity index (χ4v) is 3.68. The molecule has 1 aromatic carbocycles. The molecule has 1 fully saturated rings. The van der Waals surface area contributed by atoms with Gasteiger partial charge in [0.1, 0.15) is 5.82 Å². The molecule has 2 aromatic rings. The zero-order valence-corrected chi connectivity index (χ0v) is 14.1. The largest absolute Gasteiger partial charge is 0.353 e. The van der Waals surface area contributed by atoms with Gasteiger partial charge in [-0.1, -0.05) is 24.3 Å². The van der Waals surface area contributed by atoms with Gasteiger partial charge in [-0.2, -0.15) is 0 Å². The second-order valence-corrected chi connectivity index (χ2v) is 6.99. The van der Waals surface area contributed by atoms with Gasteiger partial charge in [0.15, 0.2) is 0 Å². The summed E-state index contributed by atoms with van der Waals surface area (Å²) in [6, 6.07) is 16.0. The molecule has 2 heterocycles. The third kappa shape index (κ3) is 4.05. The minimum atomic E-state index is -0.0567. The number of hydrogen-bond donors (Lipinski definition) is 0. The lowest BCUT2D eigenvalue weighted by atomic mass is 10.2. The molecule has 0 radical (unpaired) electrons. The number of carbonyl (C=O) groups excluding carboxylic acids is 1. The summed E-state index contributed by atoms with van der Waals surface area (Å²) < 4.78 is 0. The SMILES string of the molecule is CC(Sc1ccccc1)C(=O)N1CCN(c2ccccn2)CC1. The lowest BCUT2D eigenvalue weighted by molar-refractivity contribution is -0.130. The highest BCUT2D eigenvalue weighted by atomic mass is 32.2. The van der Waals surface area contributed by atoms with Gasteiger partial charge >= 0.3 is 0 Å². The number of nitrogens with zero attached hydrogens (tertiary/aromatic N) is 3. The van der Waals surface area contributed by atoms with Crippen molar-refractivity contribution in [2.24, 2.45) is 0 Å². The van der Waals surface area contributed by atoms with Crippen molar-refractivity contribution in [3.05, 3.63) is 54.7 Å². The highest BCUT2D eigenvalue weighted by Gasteiger charge is 2.25. The van der Waals surface area contributed by atoms with E-state index in [0.29, 0.717) is 0 Å². The van der Waals surface area contributed by atoms with Crippen LogP contribution in [-0.2, 0) is 4.79 Å². The van der Waals surface area contributed by atoms with Gasteiger partial charge in [0.05, 0.1) is 5.25 Å². The average molecular weight is 327 g/mol. The molecule has 1 atom stereocenters. The summed E-state index contributed by atoms with van der Waals surface area (Å²) in [5.74, 6) is 1.21. The van der Waals surface area contributed by atoms with E-state index in [1.165, 1.54) is 0 Å². The lowest BCUT2D eigenvalue weighted by Crippen LogP contribution is -2.50. The smallest absolute Gasteiger partial charge is 0.235 e. The number of carbonyl (C=O) groups is 1. The second kappa shape index (κ2) is 7.51. The first-order valence-corrected chi connectivity index (χ1v) is 8.78. The molecule has 5 heteroatoms. The fraction of sp³-hybridized carbons (Fsp3) is 0.333. The first kappa shape index (κ1) is 15.9. The van der Waals surface area contributed by atoms with Crippen molar-refractivity contribution in [2.75, 3.05) is 31.1 Å². The first-order valence-electron chi connectivity index (χ1n) is 7.90. The third-order valence-corrected chi connectivity index (χ3v) is 5.07. The molecule has 0 aliphatic carbocycles. The Labute approximate surface area is 141 Å². The van der Waals surface area contributed by atoms with Crippen molar-refractivity contribution >= 4 is 23.5 Å². The van der Waals surface area contributed by atoms with Crippen molar-refractivity contribution in [3.8, 4) is 0 Å². The monoisotopic (exact) mass is 327 g/mol. The van der Waals surface area contributed by atoms with E-state index < -0.39 is 0 Å². The fourth-order valence-electron chi connectivity index (χ4n) is 2.71. The predicted octanol–water partition coefficient (Wildman–Crippen LogP) is 2.91. The van der Waals surface area contributed by atoms with Crippen molar-refractivity contribution in [2.45, 2.75) is 17.1 Å². The van der Waals surface area contributed by atoms with E-state index in [9.17, 15) is 4.79 Å². The molecule has 0 spiro atoms. The topological polar surface area (TPSA) is 36.4 Å². The maximum Gasteiger partial charge on any atom is 0.235 e. The minimum absolute atomic E-state index is 0.0567. The van der Waals surface area contributed by atoms with E-state index in [1.54, 1.807) is 11.8 Å². The Balaban J connectivity index is 1.54. The van der Waals surface area contributed by atoms with Crippen LogP contribution < -0.4 is 4.90 Å². The number of amides is 1. The van der Waals surface area contributed by atoms with Crippen molar-refractivity contribution in [1.82, 2.24) is 9.88 Å². The molecular formula is C18H21N3OS. The van der Waals surface area contributed by atoms with Gasteiger partial charge in [0, 0.05) is 37.3 Å². The van der Waals surface area contributed by atoms with Crippen LogP contribution >= 0.6 is 11.8 Å². The Morgan fingerprint density at radius 1 is 1.04 bits per heavy atom. The standard InChI is InChI=1S/C18H21N3OS/c1-15(23-16-7-3-2-4-8-16)18(22)21-13-11-20(12-14-21)17-9-5-6-10-19-17/h2-10,15H,11-14H2,1H3. The summed E-state index contributed by atoms with van der Waals surface area (Å²) in [5.41, 5.74) is 0. The maximum atomic E-state index is 12.6. The Morgan fingerprint density at radius 2 is 1.74 bits per heavy atom. The zero-order valence-electron chi connectivity index (χ0n) is 13.3. The van der Waals surface area contributed by atoms with Crippen LogP contribution in [0.3, 0.4) is 0 Å². The van der Waals surface area contributed by atoms with Gasteiger partial charge in [-0.3, -0.25) is 4.79 Å². The molecule has 4 nitrogen and oxygen atoms in total. The normalized spacial score (nSPS) is 16.2. The molecule has 1 aromatic heterocycles. The van der Waals surface area contributed by atoms with Crippen molar-refractivity contribution in [1.29, 1.82) is 0 Å². The summed E-state index contributed by atoms with van der Waals surface area (Å²) >= 11 is 1.63. The first-order chi connectivity index (χ1) is 11.2. The number of aromatic nitrogens is 1. The molecule has 0 N–H and O–H groups in total. The zero-order chi connectivity index (χ0) is 16.1. The molecule has 0 bridgehead atoms. The Kier molecular flexibility index (Phi) is 5.18. The molecule has 23 heavy (non-hydrogen) atoms. The van der Waals surface area contributed by atoms with Crippen molar-refractivity contribution in [3.63, 3.8) is 0 Å². The maximum absolute atomic E-state index is 12.6. The molecule has 1 saturated heterocycles. The van der Waals surface area contributed by atoms with E-state index in [1.807, 2.05) is 66.6 Å². The van der Waals surface area contributed by atoms with Crippen LogP contribution in [0.4, 0.5) is 5.82 Å². The molecule has 1 amide bonds. The Bertz CT molecular complexity index is 627. The summed E-state index contributed by atoms with van der Waals surface area (Å²) in [4.78, 5) is 22.3. The summed E-state index contributed by atoms with van der Waals surface area (Å²) in [6.07, 6.45) is 1.81. The molecular weight excluding hydrogens is 306 g/mol. The van der Waals surface area contributed by atoms with E-state index in [2.05, 4.69) is 9.88 Å². The average Bonchev–Trinajstić information content (AvgIpc) is 2.63. The van der Waals surface area contributed by atoms with E-state index >= 15 is 0 Å². The van der Waals surface area contributed by atoms with Crippen LogP contribution in [0.2, 0.25) is 0 Å². The molecule has 1 aliphatic rings. The van der Waals surface area contributed by atoms with Crippen LogP contribution in [0.5, 0.6) is 0 Å². The van der Waals surface area contributed by atoms with Crippen LogP contribution in [-0.4, -0.2) is 47.2 Å². The molecule has 120 valence electrons. The quantitative estimate of drug-likeness (QED) is 0.809. The van der Waals surface area contributed by atoms with E-state index in [0.717, 1.165) is 36.9 Å². The van der Waals surface area contributed by atoms with Crippen LogP contribution in [0.15, 0.2) is 59.6 Å². The molecule has 3 rings (SSSR count). The van der Waals surface area contributed by atoms with E-state index in [-0.39, 0.29) is 11.2 Å². The van der Waals surface area contributed by atoms with Crippen LogP contribution in [0.25, 0.3) is 0 Å². The number of rotatable bonds is 4. The van der Waals surface area contributed by atoms with Gasteiger partial charge in [-0.15, -0.1) is 11.8 Å². The Hall–Kier alpha value is -2.01. The van der Waals surface area contributed by atoms with Gasteiger partial charge in [0.25, 0.3) is 0 Å². The number of piperazine rings is 1.